The minimum atomic E-state index is -0.409. The quantitative estimate of drug-likeness (QED) is 0.519. The molecule has 3 aromatic heterocycles. The van der Waals surface area contributed by atoms with Crippen molar-refractivity contribution in [2.24, 2.45) is 7.05 Å². The van der Waals surface area contributed by atoms with Crippen molar-refractivity contribution in [1.82, 2.24) is 34.9 Å². The van der Waals surface area contributed by atoms with Gasteiger partial charge in [0.1, 0.15) is 5.82 Å². The molecule has 0 saturated heterocycles. The van der Waals surface area contributed by atoms with Gasteiger partial charge in [-0.15, -0.1) is 26.3 Å². The number of thiophene rings is 1. The normalized spacial score (nSPS) is 16.1. The van der Waals surface area contributed by atoms with Crippen LogP contribution in [0.15, 0.2) is 48.1 Å². The third-order valence-electron chi connectivity index (χ3n) is 4.95. The van der Waals surface area contributed by atoms with Gasteiger partial charge in [-0.05, 0) is 39.9 Å². The molecule has 4 aromatic rings. The predicted octanol–water partition coefficient (Wildman–Crippen LogP) is 2.38. The Labute approximate surface area is 169 Å². The molecule has 1 aromatic carbocycles. The van der Waals surface area contributed by atoms with E-state index in [1.165, 1.54) is 17.7 Å². The lowest BCUT2D eigenvalue weighted by Gasteiger charge is -2.31. The van der Waals surface area contributed by atoms with Crippen LogP contribution in [0.3, 0.4) is 0 Å². The number of fused-ring (bicyclic) bond motifs is 1. The largest absolute Gasteiger partial charge is 0.330 e. The van der Waals surface area contributed by atoms with Crippen LogP contribution in [0.1, 0.15) is 32.5 Å². The second-order valence-corrected chi connectivity index (χ2v) is 7.87. The summed E-state index contributed by atoms with van der Waals surface area (Å²) in [5.41, 5.74) is 2.69. The van der Waals surface area contributed by atoms with Crippen molar-refractivity contribution in [3.05, 3.63) is 75.8 Å². The van der Waals surface area contributed by atoms with Crippen molar-refractivity contribution in [3.63, 3.8) is 0 Å². The van der Waals surface area contributed by atoms with Crippen LogP contribution in [0.2, 0.25) is 0 Å². The van der Waals surface area contributed by atoms with Gasteiger partial charge >= 0.3 is 0 Å². The lowest BCUT2D eigenvalue weighted by Crippen LogP contribution is -2.38. The van der Waals surface area contributed by atoms with E-state index >= 15 is 0 Å². The molecule has 29 heavy (non-hydrogen) atoms. The minimum absolute atomic E-state index is 0.0146. The average molecular weight is 409 g/mol. The Morgan fingerprint density at radius 1 is 1.31 bits per heavy atom. The fourth-order valence-corrected chi connectivity index (χ4v) is 4.51. The summed E-state index contributed by atoms with van der Waals surface area (Å²) in [6.45, 7) is 1.000. The van der Waals surface area contributed by atoms with Gasteiger partial charge in [0.2, 0.25) is 0 Å². The molecule has 10 heteroatoms. The van der Waals surface area contributed by atoms with Gasteiger partial charge in [0.05, 0.1) is 18.4 Å². The van der Waals surface area contributed by atoms with E-state index in [1.54, 1.807) is 33.1 Å². The standard InChI is InChI=1S/C19H16FN7OS/c1-25-9-12(8-21-25)16-10-26(11-17-15(16)5-6-29-17)19(28)18-22-24-27(23-18)14-4-2-3-13(20)7-14/h2-9,16H,10-11H2,1H3. The predicted molar refractivity (Wildman–Crippen MR) is 103 cm³/mol. The van der Waals surface area contributed by atoms with Gasteiger partial charge in [0, 0.05) is 36.7 Å². The third-order valence-corrected chi connectivity index (χ3v) is 5.87. The topological polar surface area (TPSA) is 81.7 Å². The number of aryl methyl sites for hydroxylation is 1. The second-order valence-electron chi connectivity index (χ2n) is 6.87. The highest BCUT2D eigenvalue weighted by atomic mass is 32.1. The highest BCUT2D eigenvalue weighted by Gasteiger charge is 2.32. The Kier molecular flexibility index (Phi) is 4.20. The fraction of sp³-hybridized carbons (Fsp3) is 0.211. The van der Waals surface area contributed by atoms with E-state index in [1.807, 2.05) is 24.8 Å². The maximum Gasteiger partial charge on any atom is 0.295 e. The average Bonchev–Trinajstić information content (AvgIpc) is 3.47. The number of benzene rings is 1. The molecule has 8 nitrogen and oxygen atoms in total. The number of nitrogens with zero attached hydrogens (tertiary/aromatic N) is 7. The summed E-state index contributed by atoms with van der Waals surface area (Å²) < 4.78 is 15.2. The first-order valence-electron chi connectivity index (χ1n) is 8.98. The number of hydrogen-bond donors (Lipinski definition) is 0. The second kappa shape index (κ2) is 6.89. The molecule has 4 heterocycles. The van der Waals surface area contributed by atoms with Crippen LogP contribution in [0.5, 0.6) is 0 Å². The van der Waals surface area contributed by atoms with Crippen molar-refractivity contribution in [2.75, 3.05) is 6.54 Å². The van der Waals surface area contributed by atoms with Crippen LogP contribution in [-0.4, -0.2) is 47.3 Å². The zero-order chi connectivity index (χ0) is 20.0. The number of carbonyl (C=O) groups excluding carboxylic acids is 1. The number of amides is 1. The smallest absolute Gasteiger partial charge is 0.295 e. The summed E-state index contributed by atoms with van der Waals surface area (Å²) >= 11 is 1.63. The first-order valence-corrected chi connectivity index (χ1v) is 9.86. The third kappa shape index (κ3) is 3.21. The van der Waals surface area contributed by atoms with Crippen molar-refractivity contribution >= 4 is 17.2 Å². The molecule has 0 N–H and O–H groups in total. The van der Waals surface area contributed by atoms with E-state index < -0.39 is 5.82 Å². The van der Waals surface area contributed by atoms with Gasteiger partial charge in [-0.2, -0.15) is 5.10 Å². The van der Waals surface area contributed by atoms with Gasteiger partial charge in [-0.25, -0.2) is 4.39 Å². The molecular formula is C19H16FN7OS. The highest BCUT2D eigenvalue weighted by molar-refractivity contribution is 7.10. The van der Waals surface area contributed by atoms with Crippen LogP contribution < -0.4 is 0 Å². The Bertz CT molecular complexity index is 1200. The summed E-state index contributed by atoms with van der Waals surface area (Å²) in [4.78, 5) is 17.1. The SMILES string of the molecule is Cn1cc(C2CN(C(=O)c3nnn(-c4cccc(F)c4)n3)Cc3sccc32)cn1. The summed E-state index contributed by atoms with van der Waals surface area (Å²) in [6.07, 6.45) is 3.80. The number of hydrogen-bond acceptors (Lipinski definition) is 6. The number of rotatable bonds is 3. The molecule has 146 valence electrons. The minimum Gasteiger partial charge on any atom is -0.330 e. The highest BCUT2D eigenvalue weighted by Crippen LogP contribution is 2.36. The lowest BCUT2D eigenvalue weighted by molar-refractivity contribution is 0.0715. The van der Waals surface area contributed by atoms with Crippen molar-refractivity contribution in [1.29, 1.82) is 0 Å². The van der Waals surface area contributed by atoms with E-state index in [4.69, 9.17) is 0 Å². The molecule has 0 radical (unpaired) electrons. The molecule has 0 spiro atoms. The molecule has 1 aliphatic rings. The maximum absolute atomic E-state index is 13.5. The van der Waals surface area contributed by atoms with Gasteiger partial charge in [-0.1, -0.05) is 6.07 Å². The lowest BCUT2D eigenvalue weighted by atomic mass is 9.90. The molecule has 5 rings (SSSR count). The van der Waals surface area contributed by atoms with Crippen LogP contribution in [0.25, 0.3) is 5.69 Å². The molecule has 1 aliphatic heterocycles. The molecule has 0 fully saturated rings. The molecular weight excluding hydrogens is 393 g/mol. The number of tetrazole rings is 1. The molecule has 0 saturated carbocycles. The number of aromatic nitrogens is 6. The molecule has 0 bridgehead atoms. The molecule has 0 aliphatic carbocycles. The fourth-order valence-electron chi connectivity index (χ4n) is 3.56. The molecule has 1 unspecified atom stereocenters. The molecule has 1 amide bonds. The Morgan fingerprint density at radius 3 is 3.00 bits per heavy atom. The Hall–Kier alpha value is -3.40. The summed E-state index contributed by atoms with van der Waals surface area (Å²) in [5.74, 6) is -0.686. The van der Waals surface area contributed by atoms with Crippen molar-refractivity contribution in [3.8, 4) is 5.69 Å². The van der Waals surface area contributed by atoms with E-state index in [0.717, 1.165) is 15.2 Å². The monoisotopic (exact) mass is 409 g/mol. The van der Waals surface area contributed by atoms with Crippen molar-refractivity contribution < 1.29 is 9.18 Å². The van der Waals surface area contributed by atoms with Gasteiger partial charge in [0.25, 0.3) is 11.7 Å². The zero-order valence-electron chi connectivity index (χ0n) is 15.4. The van der Waals surface area contributed by atoms with E-state index in [2.05, 4.69) is 26.6 Å². The van der Waals surface area contributed by atoms with Gasteiger partial charge in [-0.3, -0.25) is 9.48 Å². The first kappa shape index (κ1) is 17.7. The summed E-state index contributed by atoms with van der Waals surface area (Å²) in [5, 5.41) is 18.3. The number of carbonyl (C=O) groups is 1. The van der Waals surface area contributed by atoms with Crippen LogP contribution >= 0.6 is 11.3 Å². The van der Waals surface area contributed by atoms with Crippen LogP contribution in [-0.2, 0) is 13.6 Å². The van der Waals surface area contributed by atoms with Gasteiger partial charge < -0.3 is 4.90 Å². The van der Waals surface area contributed by atoms with E-state index in [9.17, 15) is 9.18 Å². The van der Waals surface area contributed by atoms with E-state index in [0.29, 0.717) is 18.8 Å². The Morgan fingerprint density at radius 2 is 2.21 bits per heavy atom. The van der Waals surface area contributed by atoms with E-state index in [-0.39, 0.29) is 17.6 Å². The van der Waals surface area contributed by atoms with Crippen molar-refractivity contribution in [2.45, 2.75) is 12.5 Å². The summed E-state index contributed by atoms with van der Waals surface area (Å²) in [6, 6.07) is 7.93. The van der Waals surface area contributed by atoms with Gasteiger partial charge in [0.15, 0.2) is 0 Å². The molecule has 1 atom stereocenters. The van der Waals surface area contributed by atoms with Crippen LogP contribution in [0, 0.1) is 5.82 Å². The maximum atomic E-state index is 13.5. The van der Waals surface area contributed by atoms with Crippen LogP contribution in [0.4, 0.5) is 4.39 Å². The number of halogens is 1. The zero-order valence-corrected chi connectivity index (χ0v) is 16.3. The first-order chi connectivity index (χ1) is 14.1. The summed E-state index contributed by atoms with van der Waals surface area (Å²) in [7, 11) is 1.87. The Balaban J connectivity index is 1.43.